The van der Waals surface area contributed by atoms with Gasteiger partial charge in [-0.25, -0.2) is 5.14 Å². The second-order valence-corrected chi connectivity index (χ2v) is 5.52. The van der Waals surface area contributed by atoms with Gasteiger partial charge in [-0.05, 0) is 37.1 Å². The lowest BCUT2D eigenvalue weighted by atomic mass is 10.2. The zero-order valence-corrected chi connectivity index (χ0v) is 10.6. The van der Waals surface area contributed by atoms with Gasteiger partial charge in [-0.1, -0.05) is 0 Å². The maximum atomic E-state index is 12.0. The summed E-state index contributed by atoms with van der Waals surface area (Å²) < 4.78 is 23.8. The summed E-state index contributed by atoms with van der Waals surface area (Å²) in [7, 11) is -3.77. The van der Waals surface area contributed by atoms with Crippen molar-refractivity contribution in [3.05, 3.63) is 29.8 Å². The molecule has 0 bridgehead atoms. The van der Waals surface area contributed by atoms with E-state index in [4.69, 9.17) is 5.14 Å². The van der Waals surface area contributed by atoms with Crippen molar-refractivity contribution in [3.63, 3.8) is 0 Å². The molecule has 1 saturated heterocycles. The number of benzene rings is 1. The van der Waals surface area contributed by atoms with Crippen LogP contribution < -0.4 is 9.86 Å². The average Bonchev–Trinajstić information content (AvgIpc) is 2.80. The molecule has 1 fully saturated rings. The minimum absolute atomic E-state index is 0.0188. The minimum atomic E-state index is -3.77. The lowest BCUT2D eigenvalue weighted by molar-refractivity contribution is 0.0793. The number of hydrogen-bond acceptors (Lipinski definition) is 3. The summed E-state index contributed by atoms with van der Waals surface area (Å²) in [6, 6.07) is 6.23. The van der Waals surface area contributed by atoms with Crippen LogP contribution in [0.15, 0.2) is 24.3 Å². The van der Waals surface area contributed by atoms with Gasteiger partial charge in [-0.3, -0.25) is 9.52 Å². The van der Waals surface area contributed by atoms with Gasteiger partial charge in [-0.2, -0.15) is 8.42 Å². The van der Waals surface area contributed by atoms with Crippen molar-refractivity contribution in [2.45, 2.75) is 12.8 Å². The van der Waals surface area contributed by atoms with Crippen LogP contribution >= 0.6 is 0 Å². The normalized spacial score (nSPS) is 15.7. The zero-order valence-electron chi connectivity index (χ0n) is 9.80. The van der Waals surface area contributed by atoms with Crippen LogP contribution in [0.5, 0.6) is 0 Å². The van der Waals surface area contributed by atoms with E-state index in [1.165, 1.54) is 12.1 Å². The van der Waals surface area contributed by atoms with Crippen molar-refractivity contribution in [2.75, 3.05) is 17.8 Å². The fraction of sp³-hybridized carbons (Fsp3) is 0.364. The van der Waals surface area contributed by atoms with Gasteiger partial charge in [0.25, 0.3) is 16.1 Å². The molecule has 3 N–H and O–H groups in total. The predicted molar refractivity (Wildman–Crippen MR) is 68.3 cm³/mol. The molecule has 1 aliphatic heterocycles. The van der Waals surface area contributed by atoms with Gasteiger partial charge in [0.05, 0.1) is 0 Å². The highest BCUT2D eigenvalue weighted by molar-refractivity contribution is 7.90. The monoisotopic (exact) mass is 269 g/mol. The van der Waals surface area contributed by atoms with Gasteiger partial charge in [0.1, 0.15) is 0 Å². The second kappa shape index (κ2) is 4.95. The van der Waals surface area contributed by atoms with Crippen LogP contribution in [0.1, 0.15) is 23.2 Å². The number of nitrogens with one attached hydrogen (secondary N) is 1. The Balaban J connectivity index is 2.09. The highest BCUT2D eigenvalue weighted by atomic mass is 32.2. The first-order valence-corrected chi connectivity index (χ1v) is 7.20. The van der Waals surface area contributed by atoms with Crippen molar-refractivity contribution in [2.24, 2.45) is 5.14 Å². The van der Waals surface area contributed by atoms with Crippen molar-refractivity contribution in [1.29, 1.82) is 0 Å². The topological polar surface area (TPSA) is 92.5 Å². The molecule has 1 amide bonds. The van der Waals surface area contributed by atoms with Crippen molar-refractivity contribution in [1.82, 2.24) is 4.90 Å². The predicted octanol–water partition coefficient (Wildman–Crippen LogP) is 0.538. The molecule has 0 radical (unpaired) electrons. The molecule has 98 valence electrons. The molecule has 1 heterocycles. The van der Waals surface area contributed by atoms with Gasteiger partial charge in [0.15, 0.2) is 0 Å². The molecular weight excluding hydrogens is 254 g/mol. The van der Waals surface area contributed by atoms with Gasteiger partial charge in [0.2, 0.25) is 0 Å². The lowest BCUT2D eigenvalue weighted by Crippen LogP contribution is -2.27. The molecule has 1 aliphatic rings. The van der Waals surface area contributed by atoms with Gasteiger partial charge < -0.3 is 4.90 Å². The standard InChI is InChI=1S/C11H15N3O3S/c12-18(16,17)13-10-5-3-9(4-6-10)11(15)14-7-1-2-8-14/h3-6,13H,1-2,7-8H2,(H2,12,16,17). The molecule has 1 aromatic rings. The Bertz CT molecular complexity index is 533. The van der Waals surface area contributed by atoms with Crippen LogP contribution in [0, 0.1) is 0 Å². The third-order valence-corrected chi connectivity index (χ3v) is 3.31. The second-order valence-electron chi connectivity index (χ2n) is 4.22. The van der Waals surface area contributed by atoms with Crippen molar-refractivity contribution < 1.29 is 13.2 Å². The minimum Gasteiger partial charge on any atom is -0.339 e. The van der Waals surface area contributed by atoms with Gasteiger partial charge in [-0.15, -0.1) is 0 Å². The third kappa shape index (κ3) is 3.21. The van der Waals surface area contributed by atoms with Crippen LogP contribution in [-0.4, -0.2) is 32.3 Å². The summed E-state index contributed by atoms with van der Waals surface area (Å²) in [6.45, 7) is 1.58. The molecular formula is C11H15N3O3S. The van der Waals surface area contributed by atoms with Gasteiger partial charge in [0, 0.05) is 24.3 Å². The summed E-state index contributed by atoms with van der Waals surface area (Å²) in [4.78, 5) is 13.8. The first-order valence-electron chi connectivity index (χ1n) is 5.65. The fourth-order valence-electron chi connectivity index (χ4n) is 1.95. The highest BCUT2D eigenvalue weighted by Crippen LogP contribution is 2.15. The number of carbonyl (C=O) groups excluding carboxylic acids is 1. The fourth-order valence-corrected chi connectivity index (χ4v) is 2.41. The number of anilines is 1. The van der Waals surface area contributed by atoms with E-state index in [0.29, 0.717) is 11.3 Å². The van der Waals surface area contributed by atoms with E-state index in [9.17, 15) is 13.2 Å². The van der Waals surface area contributed by atoms with Gasteiger partial charge >= 0.3 is 0 Å². The number of nitrogens with two attached hydrogens (primary N) is 1. The molecule has 0 aliphatic carbocycles. The Kier molecular flexibility index (Phi) is 3.53. The summed E-state index contributed by atoms with van der Waals surface area (Å²) >= 11 is 0. The molecule has 18 heavy (non-hydrogen) atoms. The molecule has 0 saturated carbocycles. The Labute approximate surface area is 106 Å². The number of rotatable bonds is 3. The number of carbonyl (C=O) groups is 1. The molecule has 0 unspecified atom stereocenters. The van der Waals surface area contributed by atoms with E-state index < -0.39 is 10.2 Å². The quantitative estimate of drug-likeness (QED) is 0.838. The van der Waals surface area contributed by atoms with Crippen molar-refractivity contribution in [3.8, 4) is 0 Å². The number of hydrogen-bond donors (Lipinski definition) is 2. The summed E-state index contributed by atoms with van der Waals surface area (Å²) in [6.07, 6.45) is 2.08. The summed E-state index contributed by atoms with van der Waals surface area (Å²) in [5, 5.41) is 4.85. The Morgan fingerprint density at radius 3 is 2.22 bits per heavy atom. The molecule has 7 heteroatoms. The first-order chi connectivity index (χ1) is 8.46. The maximum absolute atomic E-state index is 12.0. The summed E-state index contributed by atoms with van der Waals surface area (Å²) in [5.41, 5.74) is 0.896. The number of likely N-dealkylation sites (tertiary alicyclic amines) is 1. The van der Waals surface area contributed by atoms with Crippen LogP contribution in [0.25, 0.3) is 0 Å². The molecule has 1 aromatic carbocycles. The third-order valence-electron chi connectivity index (χ3n) is 2.79. The van der Waals surface area contributed by atoms with E-state index in [-0.39, 0.29) is 5.91 Å². The van der Waals surface area contributed by atoms with Crippen LogP contribution in [0.2, 0.25) is 0 Å². The van der Waals surface area contributed by atoms with E-state index in [1.807, 2.05) is 0 Å². The molecule has 0 spiro atoms. The maximum Gasteiger partial charge on any atom is 0.296 e. The van der Waals surface area contributed by atoms with Crippen LogP contribution in [0.4, 0.5) is 5.69 Å². The molecule has 0 aromatic heterocycles. The lowest BCUT2D eigenvalue weighted by Gasteiger charge is -2.15. The van der Waals surface area contributed by atoms with E-state index >= 15 is 0 Å². The average molecular weight is 269 g/mol. The van der Waals surface area contributed by atoms with Crippen LogP contribution in [-0.2, 0) is 10.2 Å². The molecule has 0 atom stereocenters. The Morgan fingerprint density at radius 2 is 1.72 bits per heavy atom. The Hall–Kier alpha value is -1.60. The highest BCUT2D eigenvalue weighted by Gasteiger charge is 2.19. The molecule has 2 rings (SSSR count). The van der Waals surface area contributed by atoms with Crippen molar-refractivity contribution >= 4 is 21.8 Å². The van der Waals surface area contributed by atoms with E-state index in [0.717, 1.165) is 25.9 Å². The summed E-state index contributed by atoms with van der Waals surface area (Å²) in [5.74, 6) is -0.0188. The largest absolute Gasteiger partial charge is 0.339 e. The van der Waals surface area contributed by atoms with E-state index in [1.54, 1.807) is 17.0 Å². The molecule has 6 nitrogen and oxygen atoms in total. The first kappa shape index (κ1) is 12.8. The SMILES string of the molecule is NS(=O)(=O)Nc1ccc(C(=O)N2CCCC2)cc1. The van der Waals surface area contributed by atoms with Crippen LogP contribution in [0.3, 0.4) is 0 Å². The number of amides is 1. The zero-order chi connectivity index (χ0) is 13.2. The number of nitrogens with zero attached hydrogens (tertiary/aromatic N) is 1. The smallest absolute Gasteiger partial charge is 0.296 e. The Morgan fingerprint density at radius 1 is 1.17 bits per heavy atom. The van der Waals surface area contributed by atoms with E-state index in [2.05, 4.69) is 4.72 Å².